The van der Waals surface area contributed by atoms with Crippen LogP contribution < -0.4 is 0 Å². The first-order chi connectivity index (χ1) is 12.0. The van der Waals surface area contributed by atoms with Gasteiger partial charge in [0.1, 0.15) is 0 Å². The van der Waals surface area contributed by atoms with Crippen molar-refractivity contribution in [3.63, 3.8) is 0 Å². The van der Waals surface area contributed by atoms with E-state index in [1.165, 1.54) is 20.3 Å². The van der Waals surface area contributed by atoms with Gasteiger partial charge < -0.3 is 0 Å². The predicted molar refractivity (Wildman–Crippen MR) is 119 cm³/mol. The molecule has 0 radical (unpaired) electrons. The SMILES string of the molecule is C=C/C=C(\C=C)[S+](c1ccccc1)c1ccc(C(C)(C)C)cc1.CBr. The van der Waals surface area contributed by atoms with Gasteiger partial charge in [0.05, 0.1) is 10.9 Å². The van der Waals surface area contributed by atoms with E-state index in [0.29, 0.717) is 0 Å². The summed E-state index contributed by atoms with van der Waals surface area (Å²) in [5.74, 6) is 1.81. The summed E-state index contributed by atoms with van der Waals surface area (Å²) in [6, 6.07) is 19.6. The number of hydrogen-bond donors (Lipinski definition) is 0. The molecule has 0 spiro atoms. The minimum absolute atomic E-state index is 0.152. The van der Waals surface area contributed by atoms with Crippen molar-refractivity contribution < 1.29 is 0 Å². The van der Waals surface area contributed by atoms with E-state index in [1.807, 2.05) is 18.0 Å². The molecule has 0 bridgehead atoms. The van der Waals surface area contributed by atoms with Crippen LogP contribution in [0, 0.1) is 0 Å². The number of allylic oxidation sites excluding steroid dienone is 3. The lowest BCUT2D eigenvalue weighted by Crippen LogP contribution is -2.12. The van der Waals surface area contributed by atoms with Crippen molar-refractivity contribution in [3.05, 3.63) is 96.5 Å². The fourth-order valence-electron chi connectivity index (χ4n) is 2.39. The Morgan fingerprint density at radius 1 is 0.880 bits per heavy atom. The highest BCUT2D eigenvalue weighted by molar-refractivity contribution is 9.08. The van der Waals surface area contributed by atoms with E-state index in [-0.39, 0.29) is 16.3 Å². The molecule has 0 aliphatic rings. The van der Waals surface area contributed by atoms with Gasteiger partial charge in [-0.3, -0.25) is 0 Å². The van der Waals surface area contributed by atoms with Gasteiger partial charge in [0.2, 0.25) is 0 Å². The first-order valence-electron chi connectivity index (χ1n) is 8.20. The zero-order valence-corrected chi connectivity index (χ0v) is 18.0. The maximum Gasteiger partial charge on any atom is 0.166 e. The van der Waals surface area contributed by atoms with Gasteiger partial charge in [-0.05, 0) is 53.2 Å². The summed E-state index contributed by atoms with van der Waals surface area (Å²) in [6.07, 6.45) is 5.83. The fourth-order valence-corrected chi connectivity index (χ4v) is 4.44. The highest BCUT2D eigenvalue weighted by Crippen LogP contribution is 2.32. The Morgan fingerprint density at radius 3 is 1.84 bits per heavy atom. The number of benzene rings is 2. The van der Waals surface area contributed by atoms with Crippen molar-refractivity contribution in [2.75, 3.05) is 5.83 Å². The molecule has 25 heavy (non-hydrogen) atoms. The fraction of sp³-hybridized carbons (Fsp3) is 0.217. The van der Waals surface area contributed by atoms with Gasteiger partial charge >= 0.3 is 0 Å². The molecule has 132 valence electrons. The van der Waals surface area contributed by atoms with Crippen LogP contribution in [0.3, 0.4) is 0 Å². The van der Waals surface area contributed by atoms with Crippen molar-refractivity contribution in [2.45, 2.75) is 36.0 Å². The van der Waals surface area contributed by atoms with Crippen LogP contribution in [0.25, 0.3) is 0 Å². The van der Waals surface area contributed by atoms with Gasteiger partial charge in [0, 0.05) is 0 Å². The lowest BCUT2D eigenvalue weighted by molar-refractivity contribution is 0.589. The van der Waals surface area contributed by atoms with E-state index in [9.17, 15) is 0 Å². The number of alkyl halides is 1. The van der Waals surface area contributed by atoms with Crippen molar-refractivity contribution >= 4 is 26.8 Å². The number of halogens is 1. The van der Waals surface area contributed by atoms with Crippen molar-refractivity contribution in [2.24, 2.45) is 0 Å². The molecule has 2 heteroatoms. The third kappa shape index (κ3) is 6.05. The van der Waals surface area contributed by atoms with E-state index >= 15 is 0 Å². The molecule has 0 fully saturated rings. The van der Waals surface area contributed by atoms with Gasteiger partial charge in [-0.1, -0.05) is 86.3 Å². The minimum Gasteiger partial charge on any atom is -0.0989 e. The van der Waals surface area contributed by atoms with Gasteiger partial charge in [0.25, 0.3) is 0 Å². The van der Waals surface area contributed by atoms with Gasteiger partial charge in [-0.2, -0.15) is 0 Å². The predicted octanol–water partition coefficient (Wildman–Crippen LogP) is 7.29. The van der Waals surface area contributed by atoms with E-state index in [0.717, 1.165) is 0 Å². The molecule has 0 saturated heterocycles. The van der Waals surface area contributed by atoms with Crippen LogP contribution in [0.15, 0.2) is 101 Å². The lowest BCUT2D eigenvalue weighted by Gasteiger charge is -2.19. The molecule has 2 aromatic carbocycles. The zero-order chi connectivity index (χ0) is 18.9. The summed E-state index contributed by atoms with van der Waals surface area (Å²) in [4.78, 5) is 3.79. The summed E-state index contributed by atoms with van der Waals surface area (Å²) in [5.41, 5.74) is 1.52. The minimum atomic E-state index is -0.152. The quantitative estimate of drug-likeness (QED) is 0.273. The van der Waals surface area contributed by atoms with Crippen molar-refractivity contribution in [1.82, 2.24) is 0 Å². The maximum absolute atomic E-state index is 4.00. The Hall–Kier alpha value is -1.51. The Morgan fingerprint density at radius 2 is 1.40 bits per heavy atom. The van der Waals surface area contributed by atoms with Crippen LogP contribution in [0.2, 0.25) is 0 Å². The summed E-state index contributed by atoms with van der Waals surface area (Å²) >= 11 is 2.94. The van der Waals surface area contributed by atoms with Crippen LogP contribution in [-0.2, 0) is 16.3 Å². The molecule has 0 nitrogen and oxygen atoms in total. The number of rotatable bonds is 5. The van der Waals surface area contributed by atoms with Gasteiger partial charge in [-0.25, -0.2) is 0 Å². The van der Waals surface area contributed by atoms with E-state index in [2.05, 4.69) is 111 Å². The molecule has 0 aromatic heterocycles. The Balaban J connectivity index is 0.00000151. The second kappa shape index (κ2) is 10.5. The van der Waals surface area contributed by atoms with Crippen molar-refractivity contribution in [3.8, 4) is 0 Å². The normalized spacial score (nSPS) is 12.6. The van der Waals surface area contributed by atoms with Crippen LogP contribution in [0.1, 0.15) is 26.3 Å². The molecule has 1 unspecified atom stereocenters. The molecule has 0 saturated carbocycles. The molecule has 0 aliphatic heterocycles. The van der Waals surface area contributed by atoms with Crippen LogP contribution in [0.5, 0.6) is 0 Å². The zero-order valence-electron chi connectivity index (χ0n) is 15.6. The van der Waals surface area contributed by atoms with Crippen LogP contribution in [0.4, 0.5) is 0 Å². The largest absolute Gasteiger partial charge is 0.166 e. The average molecular weight is 416 g/mol. The maximum atomic E-state index is 4.00. The Labute approximate surface area is 164 Å². The topological polar surface area (TPSA) is 0 Å². The average Bonchev–Trinajstić information content (AvgIpc) is 2.63. The summed E-state index contributed by atoms with van der Waals surface area (Å²) < 4.78 is 0. The molecular weight excluding hydrogens is 388 g/mol. The Kier molecular flexibility index (Phi) is 9.02. The monoisotopic (exact) mass is 415 g/mol. The second-order valence-corrected chi connectivity index (χ2v) is 8.43. The first-order valence-corrected chi connectivity index (χ1v) is 11.0. The molecule has 0 amide bonds. The molecular formula is C23H28BrS+. The van der Waals surface area contributed by atoms with Gasteiger partial charge in [0.15, 0.2) is 14.7 Å². The summed E-state index contributed by atoms with van der Waals surface area (Å²) in [6.45, 7) is 14.6. The van der Waals surface area contributed by atoms with E-state index < -0.39 is 0 Å². The van der Waals surface area contributed by atoms with E-state index in [1.54, 1.807) is 0 Å². The highest BCUT2D eigenvalue weighted by Gasteiger charge is 2.29. The van der Waals surface area contributed by atoms with Crippen LogP contribution in [-0.4, -0.2) is 5.83 Å². The second-order valence-electron chi connectivity index (χ2n) is 6.40. The Bertz CT molecular complexity index is 691. The lowest BCUT2D eigenvalue weighted by atomic mass is 9.87. The molecule has 1 atom stereocenters. The third-order valence-electron chi connectivity index (χ3n) is 3.65. The molecule has 2 rings (SSSR count). The summed E-state index contributed by atoms with van der Waals surface area (Å²) in [7, 11) is -0.152. The first kappa shape index (κ1) is 21.5. The van der Waals surface area contributed by atoms with Gasteiger partial charge in [-0.15, -0.1) is 0 Å². The molecule has 2 aromatic rings. The summed E-state index contributed by atoms with van der Waals surface area (Å²) in [5, 5.41) is 0. The molecule has 0 N–H and O–H groups in total. The van der Waals surface area contributed by atoms with Crippen molar-refractivity contribution in [1.29, 1.82) is 0 Å². The smallest absolute Gasteiger partial charge is 0.0989 e. The molecule has 0 heterocycles. The molecule has 0 aliphatic carbocycles. The third-order valence-corrected chi connectivity index (χ3v) is 5.92. The standard InChI is InChI=1S/C22H25S.CH3Br/c1-6-11-19(7-2)23(20-12-9-8-10-13-20)21-16-14-18(15-17-21)22(3,4)5;1-2/h6-17H,1-2H2,3-5H3;1H3/q+1;/b19-11+;. The van der Waals surface area contributed by atoms with Crippen LogP contribution >= 0.6 is 15.9 Å². The highest BCUT2D eigenvalue weighted by atomic mass is 79.9. The van der Waals surface area contributed by atoms with E-state index in [4.69, 9.17) is 0 Å². The number of hydrogen-bond acceptors (Lipinski definition) is 0.